The van der Waals surface area contributed by atoms with Gasteiger partial charge in [0.15, 0.2) is 0 Å². The summed E-state index contributed by atoms with van der Waals surface area (Å²) in [5.41, 5.74) is -1.11. The first-order valence-corrected chi connectivity index (χ1v) is 7.30. The first-order chi connectivity index (χ1) is 6.21. The van der Waals surface area contributed by atoms with E-state index in [0.717, 1.165) is 19.3 Å². The van der Waals surface area contributed by atoms with Gasteiger partial charge in [0.25, 0.3) is 0 Å². The average molecular weight is 245 g/mol. The molecule has 0 saturated carbocycles. The van der Waals surface area contributed by atoms with Gasteiger partial charge in [-0.05, 0) is 26.7 Å². The normalized spacial score (nSPS) is 13.1. The molecule has 0 aromatic heterocycles. The van der Waals surface area contributed by atoms with Gasteiger partial charge in [0.1, 0.15) is 5.67 Å². The third kappa shape index (κ3) is 12.2. The van der Waals surface area contributed by atoms with Crippen LogP contribution in [-0.4, -0.2) is 19.8 Å². The second-order valence-electron chi connectivity index (χ2n) is 4.13. The van der Waals surface area contributed by atoms with Gasteiger partial charge in [-0.1, -0.05) is 19.3 Å². The van der Waals surface area contributed by atoms with E-state index in [0.29, 0.717) is 12.8 Å². The maximum atomic E-state index is 13.0. The number of alkyl halides is 1. The van der Waals surface area contributed by atoms with E-state index < -0.39 is 14.7 Å². The zero-order valence-corrected chi connectivity index (χ0v) is 10.3. The molecule has 0 aromatic carbocycles. The van der Waals surface area contributed by atoms with Crippen molar-refractivity contribution in [2.24, 2.45) is 0 Å². The average Bonchev–Trinajstić information content (AvgIpc) is 1.92. The molecule has 0 aliphatic carbocycles. The quantitative estimate of drug-likeness (QED) is 0.509. The Labute approximate surface area is 90.3 Å². The molecular weight excluding hydrogens is 227 g/mol. The molecule has 0 aliphatic rings. The predicted octanol–water partition coefficient (Wildman–Crippen LogP) is 3.25. The van der Waals surface area contributed by atoms with E-state index in [-0.39, 0.29) is 5.75 Å². The van der Waals surface area contributed by atoms with Gasteiger partial charge in [-0.3, -0.25) is 0 Å². The fourth-order valence-electron chi connectivity index (χ4n) is 1.17. The molecule has 0 rings (SSSR count). The molecular formula is C9H18ClFO2S. The highest BCUT2D eigenvalue weighted by Gasteiger charge is 2.14. The molecule has 0 amide bonds. The molecule has 0 aliphatic heterocycles. The Kier molecular flexibility index (Phi) is 5.98. The van der Waals surface area contributed by atoms with Crippen molar-refractivity contribution in [3.63, 3.8) is 0 Å². The Morgan fingerprint density at radius 3 is 2.07 bits per heavy atom. The zero-order valence-electron chi connectivity index (χ0n) is 8.72. The van der Waals surface area contributed by atoms with E-state index >= 15 is 0 Å². The molecule has 0 N–H and O–H groups in total. The minimum Gasteiger partial charge on any atom is -0.245 e. The molecule has 0 bridgehead atoms. The minimum absolute atomic E-state index is 0.0214. The van der Waals surface area contributed by atoms with Crippen molar-refractivity contribution in [2.45, 2.75) is 51.6 Å². The number of hydrogen-bond acceptors (Lipinski definition) is 2. The topological polar surface area (TPSA) is 34.1 Å². The summed E-state index contributed by atoms with van der Waals surface area (Å²) in [4.78, 5) is 0. The van der Waals surface area contributed by atoms with Crippen LogP contribution in [-0.2, 0) is 9.05 Å². The van der Waals surface area contributed by atoms with Gasteiger partial charge in [-0.25, -0.2) is 12.8 Å². The third-order valence-electron chi connectivity index (χ3n) is 1.91. The van der Waals surface area contributed by atoms with E-state index in [4.69, 9.17) is 10.7 Å². The van der Waals surface area contributed by atoms with Crippen LogP contribution in [0.4, 0.5) is 4.39 Å². The van der Waals surface area contributed by atoms with E-state index in [9.17, 15) is 12.8 Å². The summed E-state index contributed by atoms with van der Waals surface area (Å²) < 4.78 is 34.0. The molecule has 0 unspecified atom stereocenters. The van der Waals surface area contributed by atoms with Gasteiger partial charge >= 0.3 is 0 Å². The van der Waals surface area contributed by atoms with Crippen LogP contribution < -0.4 is 0 Å². The Hall–Kier alpha value is 0.170. The van der Waals surface area contributed by atoms with E-state index in [2.05, 4.69) is 0 Å². The van der Waals surface area contributed by atoms with Crippen molar-refractivity contribution in [2.75, 3.05) is 5.75 Å². The summed E-state index contributed by atoms with van der Waals surface area (Å²) in [5.74, 6) is 0.0214. The van der Waals surface area contributed by atoms with Crippen molar-refractivity contribution < 1.29 is 12.8 Å². The molecule has 0 radical (unpaired) electrons. The molecule has 0 atom stereocenters. The first-order valence-electron chi connectivity index (χ1n) is 4.82. The van der Waals surface area contributed by atoms with E-state index in [1.54, 1.807) is 13.8 Å². The van der Waals surface area contributed by atoms with Gasteiger partial charge in [0.05, 0.1) is 5.75 Å². The van der Waals surface area contributed by atoms with Gasteiger partial charge in [0.2, 0.25) is 9.05 Å². The zero-order chi connectivity index (χ0) is 11.2. The lowest BCUT2D eigenvalue weighted by molar-refractivity contribution is 0.195. The molecule has 0 heterocycles. The minimum atomic E-state index is -3.34. The molecule has 0 saturated heterocycles. The summed E-state index contributed by atoms with van der Waals surface area (Å²) >= 11 is 0. The van der Waals surface area contributed by atoms with Gasteiger partial charge in [0, 0.05) is 10.7 Å². The van der Waals surface area contributed by atoms with E-state index in [1.807, 2.05) is 0 Å². The van der Waals surface area contributed by atoms with Crippen LogP contribution in [0.15, 0.2) is 0 Å². The van der Waals surface area contributed by atoms with Crippen LogP contribution in [0.2, 0.25) is 0 Å². The fourth-order valence-corrected chi connectivity index (χ4v) is 2.05. The molecule has 86 valence electrons. The van der Waals surface area contributed by atoms with Crippen molar-refractivity contribution >= 4 is 19.7 Å². The van der Waals surface area contributed by atoms with Gasteiger partial charge in [-0.2, -0.15) is 0 Å². The summed E-state index contributed by atoms with van der Waals surface area (Å²) in [6.45, 7) is 3.10. The van der Waals surface area contributed by atoms with Gasteiger partial charge < -0.3 is 0 Å². The summed E-state index contributed by atoms with van der Waals surface area (Å²) in [6, 6.07) is 0. The molecule has 0 spiro atoms. The summed E-state index contributed by atoms with van der Waals surface area (Å²) in [6.07, 6.45) is 3.55. The Balaban J connectivity index is 3.32. The van der Waals surface area contributed by atoms with Crippen molar-refractivity contribution in [1.29, 1.82) is 0 Å². The number of halogens is 2. The maximum absolute atomic E-state index is 13.0. The fraction of sp³-hybridized carbons (Fsp3) is 1.00. The second-order valence-corrected chi connectivity index (χ2v) is 7.02. The Bertz CT molecular complexity index is 244. The van der Waals surface area contributed by atoms with Crippen LogP contribution in [0.3, 0.4) is 0 Å². The highest BCUT2D eigenvalue weighted by Crippen LogP contribution is 2.18. The van der Waals surface area contributed by atoms with Crippen molar-refractivity contribution in [1.82, 2.24) is 0 Å². The van der Waals surface area contributed by atoms with Crippen LogP contribution in [0.25, 0.3) is 0 Å². The SMILES string of the molecule is CC(C)(F)CCCCCCS(=O)(=O)Cl. The lowest BCUT2D eigenvalue weighted by Crippen LogP contribution is -2.10. The van der Waals surface area contributed by atoms with Crippen molar-refractivity contribution in [3.05, 3.63) is 0 Å². The van der Waals surface area contributed by atoms with Crippen LogP contribution in [0, 0.1) is 0 Å². The smallest absolute Gasteiger partial charge is 0.232 e. The highest BCUT2D eigenvalue weighted by atomic mass is 35.7. The summed E-state index contributed by atoms with van der Waals surface area (Å²) in [5, 5.41) is 0. The lowest BCUT2D eigenvalue weighted by Gasteiger charge is -2.12. The molecule has 0 fully saturated rings. The standard InChI is InChI=1S/C9H18ClFO2S/c1-9(2,11)7-5-3-4-6-8-14(10,12)13/h3-8H2,1-2H3. The lowest BCUT2D eigenvalue weighted by atomic mass is 10.0. The van der Waals surface area contributed by atoms with Gasteiger partial charge in [-0.15, -0.1) is 0 Å². The second kappa shape index (κ2) is 5.91. The first kappa shape index (κ1) is 14.2. The maximum Gasteiger partial charge on any atom is 0.232 e. The highest BCUT2D eigenvalue weighted by molar-refractivity contribution is 8.13. The summed E-state index contributed by atoms with van der Waals surface area (Å²) in [7, 11) is 1.69. The van der Waals surface area contributed by atoms with Crippen molar-refractivity contribution in [3.8, 4) is 0 Å². The molecule has 5 heteroatoms. The molecule has 14 heavy (non-hydrogen) atoms. The Morgan fingerprint density at radius 2 is 1.64 bits per heavy atom. The molecule has 0 aromatic rings. The monoisotopic (exact) mass is 244 g/mol. The Morgan fingerprint density at radius 1 is 1.14 bits per heavy atom. The molecule has 2 nitrogen and oxygen atoms in total. The van der Waals surface area contributed by atoms with Crippen LogP contribution >= 0.6 is 10.7 Å². The third-order valence-corrected chi connectivity index (χ3v) is 3.15. The van der Waals surface area contributed by atoms with E-state index in [1.165, 1.54) is 0 Å². The predicted molar refractivity (Wildman–Crippen MR) is 57.9 cm³/mol. The van der Waals surface area contributed by atoms with Crippen LogP contribution in [0.1, 0.15) is 46.0 Å². The largest absolute Gasteiger partial charge is 0.245 e. The number of rotatable bonds is 7. The van der Waals surface area contributed by atoms with Crippen LogP contribution in [0.5, 0.6) is 0 Å². The number of unbranched alkanes of at least 4 members (excludes halogenated alkanes) is 3. The number of hydrogen-bond donors (Lipinski definition) is 0.